The van der Waals surface area contributed by atoms with E-state index in [0.29, 0.717) is 18.1 Å². The molecule has 0 fully saturated rings. The van der Waals surface area contributed by atoms with Gasteiger partial charge in [-0.1, -0.05) is 12.1 Å². The van der Waals surface area contributed by atoms with Gasteiger partial charge < -0.3 is 15.4 Å². The van der Waals surface area contributed by atoms with Crippen molar-refractivity contribution in [1.82, 2.24) is 15.3 Å². The Hall–Kier alpha value is -2.63. The zero-order valence-corrected chi connectivity index (χ0v) is 12.6. The second kappa shape index (κ2) is 6.01. The number of rotatable bonds is 4. The van der Waals surface area contributed by atoms with Gasteiger partial charge in [-0.15, -0.1) is 0 Å². The summed E-state index contributed by atoms with van der Waals surface area (Å²) in [5.41, 5.74) is 2.69. The topological polar surface area (TPSA) is 76.1 Å². The second-order valence-corrected chi connectivity index (χ2v) is 5.30. The fourth-order valence-corrected chi connectivity index (χ4v) is 2.44. The first kappa shape index (κ1) is 14.3. The van der Waals surface area contributed by atoms with Crippen LogP contribution in [0.2, 0.25) is 0 Å². The molecular weight excluding hydrogens is 280 g/mol. The van der Waals surface area contributed by atoms with Crippen molar-refractivity contribution in [1.29, 1.82) is 0 Å². The van der Waals surface area contributed by atoms with E-state index in [2.05, 4.69) is 33.6 Å². The number of aromatic nitrogens is 2. The van der Waals surface area contributed by atoms with Gasteiger partial charge in [0.15, 0.2) is 0 Å². The Kier molecular flexibility index (Phi) is 3.91. The maximum Gasteiger partial charge on any atom is 0.254 e. The molecule has 6 nitrogen and oxygen atoms in total. The van der Waals surface area contributed by atoms with E-state index < -0.39 is 0 Å². The molecule has 2 heterocycles. The largest absolute Gasteiger partial charge is 0.490 e. The fraction of sp³-hybridized carbons (Fsp3) is 0.312. The highest BCUT2D eigenvalue weighted by molar-refractivity contribution is 5.93. The summed E-state index contributed by atoms with van der Waals surface area (Å²) in [6.45, 7) is 2.52. The Morgan fingerprint density at radius 1 is 1.36 bits per heavy atom. The van der Waals surface area contributed by atoms with Gasteiger partial charge in [0, 0.05) is 32.4 Å². The van der Waals surface area contributed by atoms with Gasteiger partial charge in [-0.25, -0.2) is 9.97 Å². The first-order chi connectivity index (χ1) is 10.7. The minimum absolute atomic E-state index is 0.187. The number of nitrogens with zero attached hydrogens (tertiary/aromatic N) is 2. The number of hydrogen-bond acceptors (Lipinski definition) is 5. The first-order valence-corrected chi connectivity index (χ1v) is 7.22. The van der Waals surface area contributed by atoms with Crippen LogP contribution in [0.25, 0.3) is 0 Å². The molecule has 1 aliphatic heterocycles. The smallest absolute Gasteiger partial charge is 0.254 e. The quantitative estimate of drug-likeness (QED) is 0.899. The van der Waals surface area contributed by atoms with E-state index in [4.69, 9.17) is 4.74 Å². The second-order valence-electron chi connectivity index (χ2n) is 5.30. The number of amides is 1. The fourth-order valence-electron chi connectivity index (χ4n) is 2.44. The van der Waals surface area contributed by atoms with Gasteiger partial charge in [0.25, 0.3) is 5.91 Å². The molecule has 6 heteroatoms. The van der Waals surface area contributed by atoms with Gasteiger partial charge in [0.2, 0.25) is 5.95 Å². The Bertz CT molecular complexity index is 685. The third kappa shape index (κ3) is 3.00. The van der Waals surface area contributed by atoms with Crippen molar-refractivity contribution < 1.29 is 9.53 Å². The number of ether oxygens (including phenoxy) is 1. The summed E-state index contributed by atoms with van der Waals surface area (Å²) < 4.78 is 5.67. The number of fused-ring (bicyclic) bond motifs is 1. The van der Waals surface area contributed by atoms with E-state index in [1.807, 2.05) is 12.1 Å². The third-order valence-corrected chi connectivity index (χ3v) is 3.55. The maximum atomic E-state index is 12.1. The van der Waals surface area contributed by atoms with Gasteiger partial charge >= 0.3 is 0 Å². The zero-order valence-electron chi connectivity index (χ0n) is 12.6. The van der Waals surface area contributed by atoms with Gasteiger partial charge in [0.05, 0.1) is 5.56 Å². The van der Waals surface area contributed by atoms with Crippen LogP contribution in [-0.4, -0.2) is 29.0 Å². The lowest BCUT2D eigenvalue weighted by Gasteiger charge is -2.07. The average Bonchev–Trinajstić information content (AvgIpc) is 2.92. The standard InChI is InChI=1S/C16H18N4O2/c1-10-5-12-6-11(3-4-14(12)22-10)7-18-15(21)13-8-19-16(17-2)20-9-13/h3-4,6,8-10H,5,7H2,1-2H3,(H,18,21)(H,17,19,20)/t10-/m0/s1. The lowest BCUT2D eigenvalue weighted by atomic mass is 10.1. The highest BCUT2D eigenvalue weighted by atomic mass is 16.5. The van der Waals surface area contributed by atoms with Gasteiger partial charge in [-0.2, -0.15) is 0 Å². The van der Waals surface area contributed by atoms with Crippen LogP contribution in [0.1, 0.15) is 28.4 Å². The monoisotopic (exact) mass is 298 g/mol. The Morgan fingerprint density at radius 2 is 2.14 bits per heavy atom. The summed E-state index contributed by atoms with van der Waals surface area (Å²) in [6.07, 6.45) is 4.15. The van der Waals surface area contributed by atoms with Gasteiger partial charge in [0.1, 0.15) is 11.9 Å². The number of carbonyl (C=O) groups is 1. The van der Waals surface area contributed by atoms with Crippen molar-refractivity contribution in [2.45, 2.75) is 26.0 Å². The van der Waals surface area contributed by atoms with Crippen molar-refractivity contribution in [2.24, 2.45) is 0 Å². The van der Waals surface area contributed by atoms with Crippen LogP contribution < -0.4 is 15.4 Å². The number of carbonyl (C=O) groups excluding carboxylic acids is 1. The summed E-state index contributed by atoms with van der Waals surface area (Å²) in [5, 5.41) is 5.69. The van der Waals surface area contributed by atoms with Crippen molar-refractivity contribution in [3.05, 3.63) is 47.3 Å². The van der Waals surface area contributed by atoms with Gasteiger partial charge in [-0.05, 0) is 24.1 Å². The molecule has 0 spiro atoms. The highest BCUT2D eigenvalue weighted by Gasteiger charge is 2.18. The molecule has 1 atom stereocenters. The lowest BCUT2D eigenvalue weighted by Crippen LogP contribution is -2.23. The highest BCUT2D eigenvalue weighted by Crippen LogP contribution is 2.29. The molecule has 0 saturated carbocycles. The van der Waals surface area contributed by atoms with Crippen molar-refractivity contribution in [3.63, 3.8) is 0 Å². The van der Waals surface area contributed by atoms with Crippen LogP contribution in [0, 0.1) is 0 Å². The summed E-state index contributed by atoms with van der Waals surface area (Å²) in [4.78, 5) is 20.1. The van der Waals surface area contributed by atoms with Crippen molar-refractivity contribution in [3.8, 4) is 5.75 Å². The van der Waals surface area contributed by atoms with Crippen LogP contribution in [0.5, 0.6) is 5.75 Å². The molecule has 3 rings (SSSR count). The maximum absolute atomic E-state index is 12.1. The number of hydrogen-bond donors (Lipinski definition) is 2. The predicted octanol–water partition coefficient (Wildman–Crippen LogP) is 1.77. The lowest BCUT2D eigenvalue weighted by molar-refractivity contribution is 0.0950. The molecule has 2 aromatic rings. The van der Waals surface area contributed by atoms with E-state index in [1.54, 1.807) is 7.05 Å². The van der Waals surface area contributed by atoms with Crippen molar-refractivity contribution in [2.75, 3.05) is 12.4 Å². The molecule has 0 saturated heterocycles. The molecular formula is C16H18N4O2. The summed E-state index contributed by atoms with van der Waals surface area (Å²) in [5.74, 6) is 1.25. The first-order valence-electron chi connectivity index (χ1n) is 7.22. The zero-order chi connectivity index (χ0) is 15.5. The number of anilines is 1. The van der Waals surface area contributed by atoms with E-state index in [0.717, 1.165) is 17.7 Å². The summed E-state index contributed by atoms with van der Waals surface area (Å²) in [6, 6.07) is 6.02. The molecule has 22 heavy (non-hydrogen) atoms. The van der Waals surface area contributed by atoms with Crippen LogP contribution >= 0.6 is 0 Å². The van der Waals surface area contributed by atoms with E-state index >= 15 is 0 Å². The molecule has 2 N–H and O–H groups in total. The number of nitrogens with one attached hydrogen (secondary N) is 2. The van der Waals surface area contributed by atoms with Crippen LogP contribution in [0.15, 0.2) is 30.6 Å². The Labute approximate surface area is 128 Å². The Morgan fingerprint density at radius 3 is 2.86 bits per heavy atom. The van der Waals surface area contributed by atoms with Crippen LogP contribution in [-0.2, 0) is 13.0 Å². The minimum atomic E-state index is -0.187. The predicted molar refractivity (Wildman–Crippen MR) is 83.0 cm³/mol. The molecule has 1 aliphatic rings. The molecule has 1 aromatic carbocycles. The van der Waals surface area contributed by atoms with Crippen LogP contribution in [0.3, 0.4) is 0 Å². The minimum Gasteiger partial charge on any atom is -0.490 e. The molecule has 1 aromatic heterocycles. The third-order valence-electron chi connectivity index (χ3n) is 3.55. The van der Waals surface area contributed by atoms with Crippen molar-refractivity contribution >= 4 is 11.9 Å². The van der Waals surface area contributed by atoms with E-state index in [1.165, 1.54) is 18.0 Å². The average molecular weight is 298 g/mol. The van der Waals surface area contributed by atoms with Crippen LogP contribution in [0.4, 0.5) is 5.95 Å². The van der Waals surface area contributed by atoms with Gasteiger partial charge in [-0.3, -0.25) is 4.79 Å². The molecule has 0 aliphatic carbocycles. The summed E-state index contributed by atoms with van der Waals surface area (Å²) >= 11 is 0. The molecule has 0 radical (unpaired) electrons. The normalized spacial score (nSPS) is 15.8. The molecule has 1 amide bonds. The summed E-state index contributed by atoms with van der Waals surface area (Å²) in [7, 11) is 1.73. The number of benzene rings is 1. The van der Waals surface area contributed by atoms with E-state index in [-0.39, 0.29) is 12.0 Å². The Balaban J connectivity index is 1.62. The molecule has 0 bridgehead atoms. The SMILES string of the molecule is CNc1ncc(C(=O)NCc2ccc3c(c2)C[C@H](C)O3)cn1. The molecule has 0 unspecified atom stereocenters. The van der Waals surface area contributed by atoms with E-state index in [9.17, 15) is 4.79 Å². The molecule has 114 valence electrons.